The molecule has 0 heterocycles. The number of amides is 2. The third-order valence-corrected chi connectivity index (χ3v) is 5.73. The summed E-state index contributed by atoms with van der Waals surface area (Å²) in [6, 6.07) is 20.7. The van der Waals surface area contributed by atoms with E-state index < -0.39 is 6.04 Å². The number of carbonyl (C=O) groups excluding carboxylic acids is 2. The molecule has 1 atom stereocenters. The van der Waals surface area contributed by atoms with Gasteiger partial charge in [-0.05, 0) is 74.7 Å². The van der Waals surface area contributed by atoms with E-state index in [9.17, 15) is 9.59 Å². The highest BCUT2D eigenvalue weighted by Gasteiger charge is 2.27. The summed E-state index contributed by atoms with van der Waals surface area (Å²) in [7, 11) is 1.79. The van der Waals surface area contributed by atoms with Crippen LogP contribution in [0.15, 0.2) is 66.7 Å². The molecule has 2 amide bonds. The fourth-order valence-corrected chi connectivity index (χ4v) is 3.71. The predicted molar refractivity (Wildman–Crippen MR) is 131 cm³/mol. The van der Waals surface area contributed by atoms with Crippen molar-refractivity contribution in [1.29, 1.82) is 0 Å². The molecule has 0 saturated carbocycles. The first-order valence-corrected chi connectivity index (χ1v) is 10.8. The second-order valence-electron chi connectivity index (χ2n) is 8.33. The smallest absolute Gasteiger partial charge is 0.246 e. The molecule has 0 aliphatic rings. The number of hydrogen-bond donors (Lipinski definition) is 2. The molecule has 0 spiro atoms. The molecule has 5 nitrogen and oxygen atoms in total. The highest BCUT2D eigenvalue weighted by Crippen LogP contribution is 2.24. The van der Waals surface area contributed by atoms with Gasteiger partial charge in [-0.1, -0.05) is 54.6 Å². The van der Waals surface area contributed by atoms with Crippen LogP contribution in [0.4, 0.5) is 11.4 Å². The minimum Gasteiger partial charge on any atom is -0.325 e. The van der Waals surface area contributed by atoms with Gasteiger partial charge in [0, 0.05) is 11.4 Å². The molecule has 5 heteroatoms. The summed E-state index contributed by atoms with van der Waals surface area (Å²) in [5, 5.41) is 6.04. The van der Waals surface area contributed by atoms with E-state index in [-0.39, 0.29) is 18.4 Å². The van der Waals surface area contributed by atoms with E-state index in [0.717, 1.165) is 39.2 Å². The molecule has 32 heavy (non-hydrogen) atoms. The Balaban J connectivity index is 1.80. The molecule has 0 bridgehead atoms. The molecular formula is C27H31N3O2. The van der Waals surface area contributed by atoms with Gasteiger partial charge >= 0.3 is 0 Å². The summed E-state index contributed by atoms with van der Waals surface area (Å²) in [6.45, 7) is 8.04. The lowest BCUT2D eigenvalue weighted by Gasteiger charge is -2.27. The van der Waals surface area contributed by atoms with E-state index >= 15 is 0 Å². The summed E-state index contributed by atoms with van der Waals surface area (Å²) >= 11 is 0. The maximum Gasteiger partial charge on any atom is 0.246 e. The van der Waals surface area contributed by atoms with Gasteiger partial charge in [-0.3, -0.25) is 14.5 Å². The average Bonchev–Trinajstić information content (AvgIpc) is 2.75. The summed E-state index contributed by atoms with van der Waals surface area (Å²) in [5.41, 5.74) is 6.62. The zero-order valence-electron chi connectivity index (χ0n) is 19.4. The summed E-state index contributed by atoms with van der Waals surface area (Å²) in [4.78, 5) is 28.0. The molecule has 0 aliphatic heterocycles. The lowest BCUT2D eigenvalue weighted by molar-refractivity contribution is -0.123. The van der Waals surface area contributed by atoms with Gasteiger partial charge in [-0.25, -0.2) is 0 Å². The van der Waals surface area contributed by atoms with Gasteiger partial charge in [-0.2, -0.15) is 0 Å². The second-order valence-corrected chi connectivity index (χ2v) is 8.33. The fourth-order valence-electron chi connectivity index (χ4n) is 3.71. The molecule has 3 rings (SSSR count). The molecule has 0 aromatic heterocycles. The van der Waals surface area contributed by atoms with Crippen LogP contribution in [0.2, 0.25) is 0 Å². The summed E-state index contributed by atoms with van der Waals surface area (Å²) in [6.07, 6.45) is 0. The number of nitrogens with zero attached hydrogens (tertiary/aromatic N) is 1. The Labute approximate surface area is 190 Å². The van der Waals surface area contributed by atoms with Gasteiger partial charge in [0.2, 0.25) is 11.8 Å². The lowest BCUT2D eigenvalue weighted by Crippen LogP contribution is -2.39. The van der Waals surface area contributed by atoms with Crippen LogP contribution < -0.4 is 10.6 Å². The van der Waals surface area contributed by atoms with Crippen LogP contribution >= 0.6 is 0 Å². The Kier molecular flexibility index (Phi) is 7.44. The number of hydrogen-bond acceptors (Lipinski definition) is 3. The van der Waals surface area contributed by atoms with Crippen molar-refractivity contribution in [3.05, 3.63) is 94.5 Å². The highest BCUT2D eigenvalue weighted by atomic mass is 16.2. The number of nitrogens with one attached hydrogen (secondary N) is 2. The van der Waals surface area contributed by atoms with E-state index in [2.05, 4.69) is 10.6 Å². The van der Waals surface area contributed by atoms with Gasteiger partial charge in [-0.15, -0.1) is 0 Å². The van der Waals surface area contributed by atoms with E-state index in [1.165, 1.54) is 0 Å². The Morgan fingerprint density at radius 2 is 1.53 bits per heavy atom. The van der Waals surface area contributed by atoms with E-state index in [1.807, 2.05) is 94.4 Å². The standard InChI is InChI=1S/C27H31N3O2/c1-18-14-15-20(3)24(16-18)29-27(32)26(22-11-7-6-8-12-22)30(5)17-25(31)28-23-13-9-10-19(2)21(23)4/h6-16,26H,17H2,1-5H3,(H,28,31)(H,29,32)/t26-/m1/s1. The van der Waals surface area contributed by atoms with Crippen molar-refractivity contribution >= 4 is 23.2 Å². The Bertz CT molecular complexity index is 1110. The molecular weight excluding hydrogens is 398 g/mol. The summed E-state index contributed by atoms with van der Waals surface area (Å²) < 4.78 is 0. The average molecular weight is 430 g/mol. The Morgan fingerprint density at radius 1 is 0.812 bits per heavy atom. The molecule has 0 radical (unpaired) electrons. The molecule has 3 aromatic rings. The van der Waals surface area contributed by atoms with Crippen molar-refractivity contribution in [3.63, 3.8) is 0 Å². The maximum atomic E-state index is 13.4. The van der Waals surface area contributed by atoms with Crippen molar-refractivity contribution in [1.82, 2.24) is 4.90 Å². The predicted octanol–water partition coefficient (Wildman–Crippen LogP) is 5.17. The number of aryl methyl sites for hydroxylation is 3. The van der Waals surface area contributed by atoms with Gasteiger partial charge in [0.25, 0.3) is 0 Å². The van der Waals surface area contributed by atoms with E-state index in [0.29, 0.717) is 0 Å². The first kappa shape index (κ1) is 23.2. The van der Waals surface area contributed by atoms with Crippen LogP contribution in [0.5, 0.6) is 0 Å². The number of likely N-dealkylation sites (N-methyl/N-ethyl adjacent to an activating group) is 1. The van der Waals surface area contributed by atoms with Crippen molar-refractivity contribution in [2.75, 3.05) is 24.2 Å². The number of rotatable bonds is 7. The quantitative estimate of drug-likeness (QED) is 0.545. The third-order valence-electron chi connectivity index (χ3n) is 5.73. The minimum atomic E-state index is -0.611. The van der Waals surface area contributed by atoms with Crippen molar-refractivity contribution < 1.29 is 9.59 Å². The van der Waals surface area contributed by atoms with Gasteiger partial charge in [0.1, 0.15) is 6.04 Å². The van der Waals surface area contributed by atoms with Gasteiger partial charge in [0.05, 0.1) is 6.54 Å². The first-order chi connectivity index (χ1) is 15.3. The van der Waals surface area contributed by atoms with Crippen LogP contribution in [0.25, 0.3) is 0 Å². The van der Waals surface area contributed by atoms with Crippen molar-refractivity contribution in [2.24, 2.45) is 0 Å². The largest absolute Gasteiger partial charge is 0.325 e. The van der Waals surface area contributed by atoms with Gasteiger partial charge in [0.15, 0.2) is 0 Å². The Hall–Kier alpha value is -3.44. The van der Waals surface area contributed by atoms with Crippen LogP contribution in [0.1, 0.15) is 33.9 Å². The van der Waals surface area contributed by atoms with Crippen LogP contribution in [-0.4, -0.2) is 30.3 Å². The first-order valence-electron chi connectivity index (χ1n) is 10.8. The topological polar surface area (TPSA) is 61.4 Å². The molecule has 0 fully saturated rings. The van der Waals surface area contributed by atoms with Gasteiger partial charge < -0.3 is 10.6 Å². The maximum absolute atomic E-state index is 13.4. The third kappa shape index (κ3) is 5.62. The zero-order valence-corrected chi connectivity index (χ0v) is 19.4. The molecule has 0 aliphatic carbocycles. The zero-order chi connectivity index (χ0) is 23.3. The minimum absolute atomic E-state index is 0.0766. The van der Waals surface area contributed by atoms with E-state index in [4.69, 9.17) is 0 Å². The molecule has 0 saturated heterocycles. The molecule has 0 unspecified atom stereocenters. The Morgan fingerprint density at radius 3 is 2.25 bits per heavy atom. The lowest BCUT2D eigenvalue weighted by atomic mass is 10.0. The monoisotopic (exact) mass is 429 g/mol. The number of carbonyl (C=O) groups is 2. The van der Waals surface area contributed by atoms with Crippen LogP contribution in [-0.2, 0) is 9.59 Å². The van der Waals surface area contributed by atoms with E-state index in [1.54, 1.807) is 11.9 Å². The van der Waals surface area contributed by atoms with Crippen LogP contribution in [0, 0.1) is 27.7 Å². The molecule has 2 N–H and O–H groups in total. The molecule has 166 valence electrons. The number of anilines is 2. The number of benzene rings is 3. The highest BCUT2D eigenvalue weighted by molar-refractivity contribution is 5.97. The summed E-state index contributed by atoms with van der Waals surface area (Å²) in [5.74, 6) is -0.339. The SMILES string of the molecule is Cc1ccc(C)c(NC(=O)[C@@H](c2ccccc2)N(C)CC(=O)Nc2cccc(C)c2C)c1. The second kappa shape index (κ2) is 10.2. The van der Waals surface area contributed by atoms with Crippen molar-refractivity contribution in [3.8, 4) is 0 Å². The van der Waals surface area contributed by atoms with Crippen LogP contribution in [0.3, 0.4) is 0 Å². The fraction of sp³-hybridized carbons (Fsp3) is 0.259. The normalized spacial score (nSPS) is 11.8. The molecule has 3 aromatic carbocycles. The van der Waals surface area contributed by atoms with Crippen molar-refractivity contribution in [2.45, 2.75) is 33.7 Å².